The molecule has 26 heavy (non-hydrogen) atoms. The van der Waals surface area contributed by atoms with Crippen molar-refractivity contribution in [2.24, 2.45) is 0 Å². The van der Waals surface area contributed by atoms with Crippen LogP contribution in [0.2, 0.25) is 0 Å². The number of methoxy groups -OCH3 is 1. The first-order chi connectivity index (χ1) is 12.7. The monoisotopic (exact) mass is 372 g/mol. The Kier molecular flexibility index (Phi) is 4.62. The summed E-state index contributed by atoms with van der Waals surface area (Å²) >= 11 is 1.40. The molecule has 0 radical (unpaired) electrons. The van der Waals surface area contributed by atoms with Crippen LogP contribution in [-0.2, 0) is 4.74 Å². The number of imidazole rings is 1. The largest absolute Gasteiger partial charge is 0.497 e. The Morgan fingerprint density at radius 2 is 2.00 bits per heavy atom. The number of nitrogens with one attached hydrogen (secondary N) is 1. The fourth-order valence-electron chi connectivity index (χ4n) is 2.93. The third-order valence-corrected chi connectivity index (χ3v) is 5.58. The molecule has 0 unspecified atom stereocenters. The number of hydrazine groups is 1. The molecule has 1 fully saturated rings. The van der Waals surface area contributed by atoms with Crippen LogP contribution in [0.1, 0.15) is 15.4 Å². The number of aromatic nitrogens is 2. The van der Waals surface area contributed by atoms with Crippen molar-refractivity contribution < 1.29 is 14.3 Å². The van der Waals surface area contributed by atoms with E-state index < -0.39 is 0 Å². The Balaban J connectivity index is 1.57. The van der Waals surface area contributed by atoms with Crippen LogP contribution >= 0.6 is 11.3 Å². The first-order valence-electron chi connectivity index (χ1n) is 8.42. The second-order valence-corrected chi connectivity index (χ2v) is 7.04. The van der Waals surface area contributed by atoms with Gasteiger partial charge in [0.1, 0.15) is 10.6 Å². The van der Waals surface area contributed by atoms with Crippen LogP contribution in [0.25, 0.3) is 16.2 Å². The van der Waals surface area contributed by atoms with E-state index in [-0.39, 0.29) is 5.91 Å². The summed E-state index contributed by atoms with van der Waals surface area (Å²) in [4.78, 5) is 18.8. The number of ether oxygens (including phenoxy) is 2. The number of hydrogen-bond acceptors (Lipinski definition) is 6. The summed E-state index contributed by atoms with van der Waals surface area (Å²) < 4.78 is 12.5. The summed E-state index contributed by atoms with van der Waals surface area (Å²) in [6.07, 6.45) is 1.97. The highest BCUT2D eigenvalue weighted by molar-refractivity contribution is 7.19. The third-order valence-electron chi connectivity index (χ3n) is 4.42. The fourth-order valence-corrected chi connectivity index (χ4v) is 3.93. The maximum absolute atomic E-state index is 12.6. The highest BCUT2D eigenvalue weighted by atomic mass is 32.1. The van der Waals surface area contributed by atoms with Gasteiger partial charge in [-0.15, -0.1) is 0 Å². The third kappa shape index (κ3) is 3.18. The molecule has 0 saturated carbocycles. The Morgan fingerprint density at radius 3 is 2.65 bits per heavy atom. The molecular weight excluding hydrogens is 352 g/mol. The summed E-state index contributed by atoms with van der Waals surface area (Å²) in [5.41, 5.74) is 5.74. The van der Waals surface area contributed by atoms with Gasteiger partial charge in [0.05, 0.1) is 26.0 Å². The molecule has 136 valence electrons. The standard InChI is InChI=1S/C18H20N4O3S/c1-12-16(17(23)20-21-7-9-25-10-8-21)26-18-19-15(11-22(12)18)13-3-5-14(24-2)6-4-13/h3-6,11H,7-10H2,1-2H3,(H,20,23). The Hall–Kier alpha value is -2.42. The van der Waals surface area contributed by atoms with Crippen molar-refractivity contribution in [3.05, 3.63) is 41.0 Å². The number of rotatable bonds is 4. The molecule has 0 atom stereocenters. The Morgan fingerprint density at radius 1 is 1.27 bits per heavy atom. The van der Waals surface area contributed by atoms with Crippen LogP contribution in [-0.4, -0.2) is 53.7 Å². The predicted octanol–water partition coefficient (Wildman–Crippen LogP) is 2.36. The molecule has 3 aromatic rings. The van der Waals surface area contributed by atoms with Crippen molar-refractivity contribution >= 4 is 22.2 Å². The molecule has 0 spiro atoms. The SMILES string of the molecule is COc1ccc(-c2cn3c(C)c(C(=O)NN4CCOCC4)sc3n2)cc1. The minimum absolute atomic E-state index is 0.0918. The quantitative estimate of drug-likeness (QED) is 0.761. The molecular formula is C18H20N4O3S. The number of benzene rings is 1. The normalized spacial score (nSPS) is 15.3. The van der Waals surface area contributed by atoms with Gasteiger partial charge in [0.2, 0.25) is 0 Å². The lowest BCUT2D eigenvalue weighted by Gasteiger charge is -2.26. The van der Waals surface area contributed by atoms with Crippen molar-refractivity contribution in [2.75, 3.05) is 33.4 Å². The molecule has 7 nitrogen and oxygen atoms in total. The lowest BCUT2D eigenvalue weighted by molar-refractivity contribution is 0.0127. The van der Waals surface area contributed by atoms with Crippen LogP contribution in [0.15, 0.2) is 30.5 Å². The van der Waals surface area contributed by atoms with Gasteiger partial charge in [0.15, 0.2) is 4.96 Å². The van der Waals surface area contributed by atoms with Crippen LogP contribution < -0.4 is 10.2 Å². The van der Waals surface area contributed by atoms with Gasteiger partial charge in [-0.25, -0.2) is 9.99 Å². The van der Waals surface area contributed by atoms with E-state index in [4.69, 9.17) is 9.47 Å². The van der Waals surface area contributed by atoms with Crippen molar-refractivity contribution in [2.45, 2.75) is 6.92 Å². The number of nitrogens with zero attached hydrogens (tertiary/aromatic N) is 3. The van der Waals surface area contributed by atoms with Gasteiger partial charge in [0, 0.05) is 30.5 Å². The van der Waals surface area contributed by atoms with Gasteiger partial charge in [-0.05, 0) is 31.2 Å². The van der Waals surface area contributed by atoms with E-state index in [0.717, 1.165) is 27.7 Å². The van der Waals surface area contributed by atoms with E-state index in [2.05, 4.69) is 10.4 Å². The second-order valence-electron chi connectivity index (χ2n) is 6.06. The van der Waals surface area contributed by atoms with Crippen molar-refractivity contribution in [1.29, 1.82) is 0 Å². The molecule has 1 amide bonds. The lowest BCUT2D eigenvalue weighted by atomic mass is 10.2. The summed E-state index contributed by atoms with van der Waals surface area (Å²) in [6, 6.07) is 7.78. The van der Waals surface area contributed by atoms with Crippen molar-refractivity contribution in [3.63, 3.8) is 0 Å². The molecule has 4 rings (SSSR count). The molecule has 1 aliphatic rings. The van der Waals surface area contributed by atoms with E-state index in [9.17, 15) is 4.79 Å². The number of hydrogen-bond donors (Lipinski definition) is 1. The average Bonchev–Trinajstić information content (AvgIpc) is 3.22. The lowest BCUT2D eigenvalue weighted by Crippen LogP contribution is -2.48. The van der Waals surface area contributed by atoms with E-state index in [1.54, 1.807) is 7.11 Å². The van der Waals surface area contributed by atoms with Gasteiger partial charge < -0.3 is 9.47 Å². The average molecular weight is 372 g/mol. The zero-order valence-electron chi connectivity index (χ0n) is 14.7. The van der Waals surface area contributed by atoms with Gasteiger partial charge >= 0.3 is 0 Å². The van der Waals surface area contributed by atoms with Crippen LogP contribution in [0.4, 0.5) is 0 Å². The number of thiazole rings is 1. The summed E-state index contributed by atoms with van der Waals surface area (Å²) in [7, 11) is 1.65. The molecule has 1 aliphatic heterocycles. The van der Waals surface area contributed by atoms with E-state index in [1.807, 2.05) is 46.8 Å². The highest BCUT2D eigenvalue weighted by Gasteiger charge is 2.21. The van der Waals surface area contributed by atoms with Crippen LogP contribution in [0.5, 0.6) is 5.75 Å². The molecule has 3 heterocycles. The Labute approximate surface area is 155 Å². The maximum atomic E-state index is 12.6. The van der Waals surface area contributed by atoms with Crippen LogP contribution in [0, 0.1) is 6.92 Å². The summed E-state index contributed by atoms with van der Waals surface area (Å²) in [6.45, 7) is 4.62. The minimum Gasteiger partial charge on any atom is -0.497 e. The van der Waals surface area contributed by atoms with Crippen molar-refractivity contribution in [3.8, 4) is 17.0 Å². The first-order valence-corrected chi connectivity index (χ1v) is 9.24. The summed E-state index contributed by atoms with van der Waals surface area (Å²) in [5.74, 6) is 0.721. The number of carbonyl (C=O) groups excluding carboxylic acids is 1. The first kappa shape index (κ1) is 17.0. The molecule has 1 N–H and O–H groups in total. The fraction of sp³-hybridized carbons (Fsp3) is 0.333. The molecule has 2 aromatic heterocycles. The van der Waals surface area contributed by atoms with Crippen LogP contribution in [0.3, 0.4) is 0 Å². The number of amides is 1. The highest BCUT2D eigenvalue weighted by Crippen LogP contribution is 2.28. The van der Waals surface area contributed by atoms with Gasteiger partial charge in [-0.3, -0.25) is 14.6 Å². The maximum Gasteiger partial charge on any atom is 0.277 e. The Bertz CT molecular complexity index is 926. The van der Waals surface area contributed by atoms with Crippen molar-refractivity contribution in [1.82, 2.24) is 19.8 Å². The number of fused-ring (bicyclic) bond motifs is 1. The zero-order chi connectivity index (χ0) is 18.1. The predicted molar refractivity (Wildman–Crippen MR) is 99.7 cm³/mol. The van der Waals surface area contributed by atoms with Gasteiger partial charge in [0.25, 0.3) is 5.91 Å². The second kappa shape index (κ2) is 7.06. The minimum atomic E-state index is -0.0918. The van der Waals surface area contributed by atoms with E-state index in [0.29, 0.717) is 31.2 Å². The number of aryl methyl sites for hydroxylation is 1. The molecule has 0 aliphatic carbocycles. The topological polar surface area (TPSA) is 68.1 Å². The molecule has 1 aromatic carbocycles. The zero-order valence-corrected chi connectivity index (χ0v) is 15.5. The van der Waals surface area contributed by atoms with E-state index in [1.165, 1.54) is 11.3 Å². The smallest absolute Gasteiger partial charge is 0.277 e. The number of morpholine rings is 1. The molecule has 1 saturated heterocycles. The molecule has 0 bridgehead atoms. The van der Waals surface area contributed by atoms with Gasteiger partial charge in [-0.2, -0.15) is 0 Å². The number of carbonyl (C=O) groups is 1. The molecule has 8 heteroatoms. The van der Waals surface area contributed by atoms with Gasteiger partial charge in [-0.1, -0.05) is 11.3 Å². The summed E-state index contributed by atoms with van der Waals surface area (Å²) in [5, 5.41) is 1.90. The van der Waals surface area contributed by atoms with E-state index >= 15 is 0 Å².